The van der Waals surface area contributed by atoms with Gasteiger partial charge in [-0.25, -0.2) is 0 Å². The third-order valence-corrected chi connectivity index (χ3v) is 5.78. The molecule has 5 nitrogen and oxygen atoms in total. The van der Waals surface area contributed by atoms with Gasteiger partial charge in [0, 0.05) is 10.6 Å². The van der Waals surface area contributed by atoms with E-state index < -0.39 is 23.6 Å². The predicted octanol–water partition coefficient (Wildman–Crippen LogP) is 5.17. The second-order valence-corrected chi connectivity index (χ2v) is 7.92. The molecule has 0 atom stereocenters. The Bertz CT molecular complexity index is 1190. The van der Waals surface area contributed by atoms with Crippen LogP contribution in [0.4, 0.5) is 18.9 Å². The lowest BCUT2D eigenvalue weighted by Gasteiger charge is -2.16. The number of nitrogens with one attached hydrogen (secondary N) is 1. The Morgan fingerprint density at radius 3 is 2.38 bits per heavy atom. The molecule has 0 spiro atoms. The van der Waals surface area contributed by atoms with Crippen molar-refractivity contribution in [3.63, 3.8) is 0 Å². The van der Waals surface area contributed by atoms with Gasteiger partial charge >= 0.3 is 6.18 Å². The van der Waals surface area contributed by atoms with Gasteiger partial charge in [0.05, 0.1) is 24.8 Å². The summed E-state index contributed by atoms with van der Waals surface area (Å²) in [7, 11) is 1.53. The monoisotopic (exact) mass is 458 g/mol. The maximum absolute atomic E-state index is 13.2. The Morgan fingerprint density at radius 2 is 1.75 bits per heavy atom. The van der Waals surface area contributed by atoms with Gasteiger partial charge in [-0.05, 0) is 47.3 Å². The van der Waals surface area contributed by atoms with Crippen LogP contribution in [0, 0.1) is 0 Å². The summed E-state index contributed by atoms with van der Waals surface area (Å²) in [6.07, 6.45) is -4.53. The molecule has 2 amide bonds. The molecular weight excluding hydrogens is 441 g/mol. The number of methoxy groups -OCH3 is 1. The average Bonchev–Trinajstić information content (AvgIpc) is 3.37. The van der Waals surface area contributed by atoms with Crippen molar-refractivity contribution in [2.75, 3.05) is 12.4 Å². The predicted molar refractivity (Wildman–Crippen MR) is 115 cm³/mol. The number of nitrogens with zero attached hydrogens (tertiary/aromatic N) is 1. The zero-order chi connectivity index (χ0) is 22.9. The van der Waals surface area contributed by atoms with Crippen LogP contribution in [0.1, 0.15) is 16.0 Å². The molecule has 1 aliphatic rings. The summed E-state index contributed by atoms with van der Waals surface area (Å²) in [6, 6.07) is 14.8. The van der Waals surface area contributed by atoms with E-state index in [4.69, 9.17) is 4.74 Å². The van der Waals surface area contributed by atoms with E-state index in [2.05, 4.69) is 5.32 Å². The summed E-state index contributed by atoms with van der Waals surface area (Å²) in [4.78, 5) is 28.0. The van der Waals surface area contributed by atoms with Gasteiger partial charge < -0.3 is 10.1 Å². The van der Waals surface area contributed by atoms with Gasteiger partial charge in [-0.15, -0.1) is 11.3 Å². The van der Waals surface area contributed by atoms with Gasteiger partial charge in [0.2, 0.25) is 0 Å². The van der Waals surface area contributed by atoms with Crippen LogP contribution < -0.4 is 10.1 Å². The zero-order valence-electron chi connectivity index (χ0n) is 16.8. The van der Waals surface area contributed by atoms with E-state index in [9.17, 15) is 22.8 Å². The number of ether oxygens (including phenoxy) is 1. The summed E-state index contributed by atoms with van der Waals surface area (Å²) in [5, 5.41) is 4.52. The SMILES string of the molecule is COc1ccc(CN2C(=O)C(Nc3cccc(C(F)(F)F)c3)=C(c3cccs3)C2=O)cc1. The first-order chi connectivity index (χ1) is 15.3. The molecule has 2 aromatic carbocycles. The molecule has 164 valence electrons. The Labute approximate surface area is 185 Å². The highest BCUT2D eigenvalue weighted by molar-refractivity contribution is 7.11. The fraction of sp³-hybridized carbons (Fsp3) is 0.130. The molecule has 0 bridgehead atoms. The molecule has 4 rings (SSSR count). The molecule has 2 heterocycles. The van der Waals surface area contributed by atoms with E-state index in [0.29, 0.717) is 16.2 Å². The van der Waals surface area contributed by atoms with E-state index in [1.807, 2.05) is 0 Å². The number of benzene rings is 2. The molecule has 0 aliphatic carbocycles. The minimum absolute atomic E-state index is 0.0182. The molecule has 1 aliphatic heterocycles. The number of amides is 2. The minimum atomic E-state index is -4.53. The lowest BCUT2D eigenvalue weighted by molar-refractivity contribution is -0.138. The first-order valence-electron chi connectivity index (χ1n) is 9.49. The van der Waals surface area contributed by atoms with Crippen LogP contribution >= 0.6 is 11.3 Å². The number of anilines is 1. The Morgan fingerprint density at radius 1 is 1.00 bits per heavy atom. The number of imide groups is 1. The van der Waals surface area contributed by atoms with Crippen molar-refractivity contribution in [3.8, 4) is 5.75 Å². The zero-order valence-corrected chi connectivity index (χ0v) is 17.6. The summed E-state index contributed by atoms with van der Waals surface area (Å²) in [5.74, 6) is -0.480. The molecule has 0 saturated heterocycles. The molecular formula is C23H17F3N2O3S. The summed E-state index contributed by atoms with van der Waals surface area (Å²) in [5.41, 5.74) is 0.00326. The lowest BCUT2D eigenvalue weighted by atomic mass is 10.1. The standard InChI is InChI=1S/C23H17F3N2O3S/c1-31-17-9-7-14(8-10-17)13-28-21(29)19(18-6-3-11-32-18)20(22(28)30)27-16-5-2-4-15(12-16)23(24,25)26/h2-12,27H,13H2,1H3. The second-order valence-electron chi connectivity index (χ2n) is 6.98. The Kier molecular flexibility index (Phi) is 5.75. The van der Waals surface area contributed by atoms with E-state index in [1.54, 1.807) is 41.8 Å². The van der Waals surface area contributed by atoms with Crippen LogP contribution in [0.3, 0.4) is 0 Å². The molecule has 9 heteroatoms. The molecule has 1 aromatic heterocycles. The van der Waals surface area contributed by atoms with Crippen LogP contribution in [0.5, 0.6) is 5.75 Å². The fourth-order valence-corrected chi connectivity index (χ4v) is 4.08. The van der Waals surface area contributed by atoms with Gasteiger partial charge in [0.25, 0.3) is 11.8 Å². The number of halogens is 3. The van der Waals surface area contributed by atoms with Crippen LogP contribution in [0.2, 0.25) is 0 Å². The number of carbonyl (C=O) groups is 2. The molecule has 0 radical (unpaired) electrons. The second kappa shape index (κ2) is 8.51. The van der Waals surface area contributed by atoms with Crippen molar-refractivity contribution >= 4 is 34.4 Å². The van der Waals surface area contributed by atoms with Crippen LogP contribution in [-0.4, -0.2) is 23.8 Å². The molecule has 32 heavy (non-hydrogen) atoms. The van der Waals surface area contributed by atoms with Crippen LogP contribution in [0.25, 0.3) is 5.57 Å². The number of thiophene rings is 1. The maximum atomic E-state index is 13.2. The maximum Gasteiger partial charge on any atom is 0.416 e. The number of carbonyl (C=O) groups excluding carboxylic acids is 2. The first kappa shape index (κ1) is 21.6. The van der Waals surface area contributed by atoms with Crippen molar-refractivity contribution in [1.29, 1.82) is 0 Å². The number of alkyl halides is 3. The molecule has 3 aromatic rings. The number of hydrogen-bond acceptors (Lipinski definition) is 5. The highest BCUT2D eigenvalue weighted by Crippen LogP contribution is 2.35. The molecule has 0 saturated carbocycles. The smallest absolute Gasteiger partial charge is 0.416 e. The topological polar surface area (TPSA) is 58.6 Å². The quantitative estimate of drug-likeness (QED) is 0.518. The molecule has 0 fully saturated rings. The van der Waals surface area contributed by atoms with Crippen molar-refractivity contribution in [3.05, 3.63) is 87.7 Å². The normalized spacial score (nSPS) is 14.3. The van der Waals surface area contributed by atoms with E-state index in [1.165, 1.54) is 30.6 Å². The summed E-state index contributed by atoms with van der Waals surface area (Å²) in [6.45, 7) is 0.0182. The van der Waals surface area contributed by atoms with E-state index in [-0.39, 0.29) is 23.5 Å². The van der Waals surface area contributed by atoms with Gasteiger partial charge in [0.15, 0.2) is 0 Å². The third kappa shape index (κ3) is 4.24. The van der Waals surface area contributed by atoms with E-state index in [0.717, 1.165) is 17.0 Å². The number of rotatable bonds is 6. The Balaban J connectivity index is 1.68. The minimum Gasteiger partial charge on any atom is -0.497 e. The van der Waals surface area contributed by atoms with Crippen molar-refractivity contribution in [2.45, 2.75) is 12.7 Å². The first-order valence-corrected chi connectivity index (χ1v) is 10.4. The molecule has 0 unspecified atom stereocenters. The van der Waals surface area contributed by atoms with Gasteiger partial charge in [-0.3, -0.25) is 14.5 Å². The van der Waals surface area contributed by atoms with E-state index >= 15 is 0 Å². The van der Waals surface area contributed by atoms with Crippen molar-refractivity contribution < 1.29 is 27.5 Å². The summed E-state index contributed by atoms with van der Waals surface area (Å²) < 4.78 is 44.4. The van der Waals surface area contributed by atoms with Gasteiger partial charge in [-0.2, -0.15) is 13.2 Å². The molecule has 1 N–H and O–H groups in total. The highest BCUT2D eigenvalue weighted by Gasteiger charge is 2.40. The van der Waals surface area contributed by atoms with Gasteiger partial charge in [-0.1, -0.05) is 24.3 Å². The largest absolute Gasteiger partial charge is 0.497 e. The third-order valence-electron chi connectivity index (χ3n) is 4.89. The average molecular weight is 458 g/mol. The number of hydrogen-bond donors (Lipinski definition) is 1. The fourth-order valence-electron chi connectivity index (χ4n) is 3.32. The van der Waals surface area contributed by atoms with Crippen molar-refractivity contribution in [2.24, 2.45) is 0 Å². The Hall–Kier alpha value is -3.59. The van der Waals surface area contributed by atoms with Crippen LogP contribution in [0.15, 0.2) is 71.7 Å². The van der Waals surface area contributed by atoms with Crippen molar-refractivity contribution in [1.82, 2.24) is 4.90 Å². The highest BCUT2D eigenvalue weighted by atomic mass is 32.1. The summed E-state index contributed by atoms with van der Waals surface area (Å²) >= 11 is 1.27. The lowest BCUT2D eigenvalue weighted by Crippen LogP contribution is -2.31. The van der Waals surface area contributed by atoms with Crippen LogP contribution in [-0.2, 0) is 22.3 Å². The van der Waals surface area contributed by atoms with Gasteiger partial charge in [0.1, 0.15) is 11.4 Å².